The van der Waals surface area contributed by atoms with Crippen LogP contribution in [0, 0.1) is 5.82 Å². The van der Waals surface area contributed by atoms with Gasteiger partial charge < -0.3 is 4.98 Å². The van der Waals surface area contributed by atoms with Gasteiger partial charge in [0.25, 0.3) is 5.56 Å². The summed E-state index contributed by atoms with van der Waals surface area (Å²) in [6, 6.07) is 16.6. The number of benzene rings is 2. The van der Waals surface area contributed by atoms with Crippen molar-refractivity contribution >= 4 is 31.6 Å². The van der Waals surface area contributed by atoms with E-state index in [0.29, 0.717) is 48.8 Å². The Morgan fingerprint density at radius 2 is 1.70 bits per heavy atom. The van der Waals surface area contributed by atoms with Gasteiger partial charge in [0, 0.05) is 31.1 Å². The number of fused-ring (bicyclic) bond motifs is 1. The maximum atomic E-state index is 13.1. The van der Waals surface area contributed by atoms with Gasteiger partial charge in [-0.1, -0.05) is 30.3 Å². The first-order valence-corrected chi connectivity index (χ1v) is 12.7. The lowest BCUT2D eigenvalue weighted by molar-refractivity contribution is 0.178. The zero-order valence-electron chi connectivity index (χ0n) is 17.6. The van der Waals surface area contributed by atoms with E-state index in [1.54, 1.807) is 0 Å². The van der Waals surface area contributed by atoms with E-state index < -0.39 is 15.8 Å². The summed E-state index contributed by atoms with van der Waals surface area (Å²) in [5.74, 6) is 0.0858. The van der Waals surface area contributed by atoms with Gasteiger partial charge in [-0.2, -0.15) is 4.31 Å². The number of rotatable bonds is 5. The minimum atomic E-state index is -3.67. The van der Waals surface area contributed by atoms with E-state index in [2.05, 4.69) is 14.9 Å². The number of nitrogens with zero attached hydrogens (tertiary/aromatic N) is 3. The first kappa shape index (κ1) is 21.9. The van der Waals surface area contributed by atoms with Gasteiger partial charge in [0.1, 0.15) is 16.5 Å². The summed E-state index contributed by atoms with van der Waals surface area (Å²) in [6.07, 6.45) is 0. The third-order valence-electron chi connectivity index (χ3n) is 5.67. The van der Waals surface area contributed by atoms with Crippen molar-refractivity contribution in [2.24, 2.45) is 0 Å². The van der Waals surface area contributed by atoms with Crippen LogP contribution in [0.1, 0.15) is 5.82 Å². The third-order valence-corrected chi connectivity index (χ3v) is 8.66. The molecular formula is C23H21FN4O3S2. The molecule has 1 fully saturated rings. The predicted molar refractivity (Wildman–Crippen MR) is 126 cm³/mol. The second kappa shape index (κ2) is 8.79. The predicted octanol–water partition coefficient (Wildman–Crippen LogP) is 3.30. The van der Waals surface area contributed by atoms with Crippen molar-refractivity contribution in [3.05, 3.63) is 82.7 Å². The van der Waals surface area contributed by atoms with E-state index in [1.807, 2.05) is 36.4 Å². The monoisotopic (exact) mass is 484 g/mol. The summed E-state index contributed by atoms with van der Waals surface area (Å²) in [4.78, 5) is 24.0. The van der Waals surface area contributed by atoms with Gasteiger partial charge >= 0.3 is 0 Å². The molecule has 1 N–H and O–H groups in total. The first-order chi connectivity index (χ1) is 15.9. The second-order valence-corrected chi connectivity index (χ2v) is 10.8. The number of thiophene rings is 1. The molecule has 7 nitrogen and oxygen atoms in total. The quantitative estimate of drug-likeness (QED) is 0.470. The molecule has 170 valence electrons. The highest BCUT2D eigenvalue weighted by Crippen LogP contribution is 2.30. The number of aromatic nitrogens is 2. The van der Waals surface area contributed by atoms with Crippen molar-refractivity contribution in [1.29, 1.82) is 0 Å². The van der Waals surface area contributed by atoms with Crippen LogP contribution in [-0.4, -0.2) is 53.8 Å². The topological polar surface area (TPSA) is 86.4 Å². The highest BCUT2D eigenvalue weighted by atomic mass is 32.2. The number of H-pyrrole nitrogens is 1. The van der Waals surface area contributed by atoms with E-state index >= 15 is 0 Å². The molecule has 33 heavy (non-hydrogen) atoms. The van der Waals surface area contributed by atoms with Gasteiger partial charge in [-0.3, -0.25) is 9.69 Å². The first-order valence-electron chi connectivity index (χ1n) is 10.5. The SMILES string of the molecule is O=c1[nH]c(CN2CCN(S(=O)(=O)c3ccc(F)cc3)CC2)nc2sc(-c3ccccc3)cc12. The van der Waals surface area contributed by atoms with Crippen LogP contribution < -0.4 is 5.56 Å². The average molecular weight is 485 g/mol. The van der Waals surface area contributed by atoms with Crippen LogP contribution in [0.2, 0.25) is 0 Å². The van der Waals surface area contributed by atoms with Gasteiger partial charge in [0.2, 0.25) is 10.0 Å². The van der Waals surface area contributed by atoms with Crippen molar-refractivity contribution in [1.82, 2.24) is 19.2 Å². The van der Waals surface area contributed by atoms with E-state index in [4.69, 9.17) is 0 Å². The van der Waals surface area contributed by atoms with Crippen LogP contribution in [0.25, 0.3) is 20.7 Å². The van der Waals surface area contributed by atoms with Crippen LogP contribution in [0.3, 0.4) is 0 Å². The second-order valence-electron chi connectivity index (χ2n) is 7.84. The van der Waals surface area contributed by atoms with Crippen LogP contribution in [0.15, 0.2) is 70.4 Å². The normalized spacial score (nSPS) is 15.8. The Bertz CT molecular complexity index is 1440. The molecule has 1 aliphatic heterocycles. The van der Waals surface area contributed by atoms with Crippen LogP contribution in [0.4, 0.5) is 4.39 Å². The molecule has 4 aromatic rings. The van der Waals surface area contributed by atoms with Gasteiger partial charge in [0.15, 0.2) is 0 Å². The maximum absolute atomic E-state index is 13.1. The standard InChI is InChI=1S/C23H21FN4O3S2/c24-17-6-8-18(9-7-17)33(30,31)28-12-10-27(11-13-28)15-21-25-22(29)19-14-20(32-23(19)26-21)16-4-2-1-3-5-16/h1-9,14H,10-13,15H2,(H,25,26,29). The van der Waals surface area contributed by atoms with Crippen LogP contribution in [0.5, 0.6) is 0 Å². The molecule has 0 spiro atoms. The molecule has 5 rings (SSSR count). The van der Waals surface area contributed by atoms with Gasteiger partial charge in [0.05, 0.1) is 16.8 Å². The van der Waals surface area contributed by atoms with Crippen molar-refractivity contribution in [2.75, 3.05) is 26.2 Å². The van der Waals surface area contributed by atoms with E-state index in [9.17, 15) is 17.6 Å². The Kier molecular flexibility index (Phi) is 5.83. The largest absolute Gasteiger partial charge is 0.309 e. The van der Waals surface area contributed by atoms with Crippen molar-refractivity contribution < 1.29 is 12.8 Å². The lowest BCUT2D eigenvalue weighted by Crippen LogP contribution is -2.48. The lowest BCUT2D eigenvalue weighted by Gasteiger charge is -2.33. The summed E-state index contributed by atoms with van der Waals surface area (Å²) >= 11 is 1.48. The molecule has 2 aromatic heterocycles. The third kappa shape index (κ3) is 4.47. The fourth-order valence-corrected chi connectivity index (χ4v) is 6.37. The summed E-state index contributed by atoms with van der Waals surface area (Å²) in [5.41, 5.74) is 0.867. The van der Waals surface area contributed by atoms with Crippen molar-refractivity contribution in [3.8, 4) is 10.4 Å². The number of hydrogen-bond acceptors (Lipinski definition) is 6. The minimum Gasteiger partial charge on any atom is -0.309 e. The molecular weight excluding hydrogens is 463 g/mol. The van der Waals surface area contributed by atoms with E-state index in [0.717, 1.165) is 22.6 Å². The molecule has 0 radical (unpaired) electrons. The number of halogens is 1. The smallest absolute Gasteiger partial charge is 0.259 e. The fraction of sp³-hybridized carbons (Fsp3) is 0.217. The number of piperazine rings is 1. The zero-order valence-corrected chi connectivity index (χ0v) is 19.2. The maximum Gasteiger partial charge on any atom is 0.259 e. The molecule has 3 heterocycles. The summed E-state index contributed by atoms with van der Waals surface area (Å²) in [6.45, 7) is 2.05. The molecule has 10 heteroatoms. The average Bonchev–Trinajstić information content (AvgIpc) is 3.25. The Labute approximate surface area is 194 Å². The molecule has 0 unspecified atom stereocenters. The highest BCUT2D eigenvalue weighted by Gasteiger charge is 2.28. The number of hydrogen-bond donors (Lipinski definition) is 1. The Morgan fingerprint density at radius 3 is 2.39 bits per heavy atom. The van der Waals surface area contributed by atoms with Gasteiger partial charge in [-0.05, 0) is 35.9 Å². The van der Waals surface area contributed by atoms with Gasteiger partial charge in [-0.15, -0.1) is 11.3 Å². The highest BCUT2D eigenvalue weighted by molar-refractivity contribution is 7.89. The summed E-state index contributed by atoms with van der Waals surface area (Å²) in [5, 5.41) is 0.567. The number of sulfonamides is 1. The summed E-state index contributed by atoms with van der Waals surface area (Å²) in [7, 11) is -3.67. The number of aromatic amines is 1. The molecule has 1 saturated heterocycles. The molecule has 1 aliphatic rings. The van der Waals surface area contributed by atoms with Gasteiger partial charge in [-0.25, -0.2) is 17.8 Å². The fourth-order valence-electron chi connectivity index (χ4n) is 3.89. The van der Waals surface area contributed by atoms with Crippen LogP contribution in [-0.2, 0) is 16.6 Å². The zero-order chi connectivity index (χ0) is 23.0. The molecule has 0 bridgehead atoms. The molecule has 0 saturated carbocycles. The Balaban J connectivity index is 1.29. The Hall–Kier alpha value is -2.92. The Morgan fingerprint density at radius 1 is 1.00 bits per heavy atom. The molecule has 0 aliphatic carbocycles. The molecule has 0 amide bonds. The molecule has 0 atom stereocenters. The van der Waals surface area contributed by atoms with E-state index in [1.165, 1.54) is 27.8 Å². The van der Waals surface area contributed by atoms with Crippen molar-refractivity contribution in [3.63, 3.8) is 0 Å². The molecule has 2 aromatic carbocycles. The lowest BCUT2D eigenvalue weighted by atomic mass is 10.2. The van der Waals surface area contributed by atoms with Crippen molar-refractivity contribution in [2.45, 2.75) is 11.4 Å². The minimum absolute atomic E-state index is 0.0840. The van der Waals surface area contributed by atoms with E-state index in [-0.39, 0.29) is 10.5 Å². The summed E-state index contributed by atoms with van der Waals surface area (Å²) < 4.78 is 40.1. The number of nitrogens with one attached hydrogen (secondary N) is 1. The van der Waals surface area contributed by atoms with Crippen LogP contribution >= 0.6 is 11.3 Å².